The number of amides is 2. The zero-order valence-electron chi connectivity index (χ0n) is 9.61. The molecule has 1 N–H and O–H groups in total. The second kappa shape index (κ2) is 3.47. The molecule has 1 unspecified atom stereocenters. The Kier molecular flexibility index (Phi) is 2.19. The molecule has 3 aliphatic rings. The highest BCUT2D eigenvalue weighted by Gasteiger charge is 2.46. The van der Waals surface area contributed by atoms with Crippen molar-refractivity contribution in [3.8, 4) is 0 Å². The zero-order valence-corrected chi connectivity index (χ0v) is 9.61. The Hall–Kier alpha value is -1.06. The van der Waals surface area contributed by atoms with E-state index in [4.69, 9.17) is 0 Å². The van der Waals surface area contributed by atoms with Crippen molar-refractivity contribution in [2.75, 3.05) is 6.54 Å². The molecule has 1 saturated heterocycles. The molecule has 1 heterocycles. The summed E-state index contributed by atoms with van der Waals surface area (Å²) in [6, 6.07) is 0.118. The Labute approximate surface area is 95.4 Å². The monoisotopic (exact) mass is 222 g/mol. The summed E-state index contributed by atoms with van der Waals surface area (Å²) in [5.41, 5.74) is 0. The molecule has 0 aromatic carbocycles. The SMILES string of the molecule is CC1CC(N2CC(=O)NC(C3CC3)C2=O)C1. The van der Waals surface area contributed by atoms with Gasteiger partial charge in [-0.3, -0.25) is 9.59 Å². The summed E-state index contributed by atoms with van der Waals surface area (Å²) < 4.78 is 0. The van der Waals surface area contributed by atoms with Gasteiger partial charge in [-0.25, -0.2) is 0 Å². The zero-order chi connectivity index (χ0) is 11.3. The van der Waals surface area contributed by atoms with Crippen molar-refractivity contribution in [3.05, 3.63) is 0 Å². The van der Waals surface area contributed by atoms with Gasteiger partial charge in [-0.05, 0) is 37.5 Å². The van der Waals surface area contributed by atoms with Gasteiger partial charge in [0, 0.05) is 6.04 Å². The van der Waals surface area contributed by atoms with Crippen LogP contribution in [0.4, 0.5) is 0 Å². The van der Waals surface area contributed by atoms with Crippen LogP contribution in [0.3, 0.4) is 0 Å². The van der Waals surface area contributed by atoms with Gasteiger partial charge in [-0.2, -0.15) is 0 Å². The Morgan fingerprint density at radius 2 is 1.94 bits per heavy atom. The fourth-order valence-corrected chi connectivity index (χ4v) is 2.86. The van der Waals surface area contributed by atoms with Gasteiger partial charge in [0.15, 0.2) is 0 Å². The van der Waals surface area contributed by atoms with E-state index in [2.05, 4.69) is 12.2 Å². The van der Waals surface area contributed by atoms with Crippen LogP contribution in [0, 0.1) is 11.8 Å². The Morgan fingerprint density at radius 3 is 2.50 bits per heavy atom. The van der Waals surface area contributed by atoms with Gasteiger partial charge in [0.2, 0.25) is 11.8 Å². The summed E-state index contributed by atoms with van der Waals surface area (Å²) in [6.07, 6.45) is 4.31. The topological polar surface area (TPSA) is 49.4 Å². The molecule has 4 nitrogen and oxygen atoms in total. The molecule has 3 fully saturated rings. The van der Waals surface area contributed by atoms with Crippen molar-refractivity contribution in [2.24, 2.45) is 11.8 Å². The minimum Gasteiger partial charge on any atom is -0.342 e. The number of carbonyl (C=O) groups is 2. The maximum atomic E-state index is 12.2. The minimum absolute atomic E-state index is 0.0241. The molecular weight excluding hydrogens is 204 g/mol. The third kappa shape index (κ3) is 1.60. The fourth-order valence-electron chi connectivity index (χ4n) is 2.86. The molecule has 1 aliphatic heterocycles. The van der Waals surface area contributed by atoms with E-state index in [-0.39, 0.29) is 24.4 Å². The molecule has 2 aliphatic carbocycles. The molecule has 1 atom stereocenters. The van der Waals surface area contributed by atoms with Gasteiger partial charge in [-0.1, -0.05) is 6.92 Å². The molecule has 0 spiro atoms. The predicted octanol–water partition coefficient (Wildman–Crippen LogP) is 0.522. The first kappa shape index (κ1) is 10.1. The third-order valence-corrected chi connectivity index (χ3v) is 4.06. The fraction of sp³-hybridized carbons (Fsp3) is 0.833. The highest BCUT2D eigenvalue weighted by atomic mass is 16.2. The second-order valence-corrected chi connectivity index (χ2v) is 5.58. The number of hydrogen-bond acceptors (Lipinski definition) is 2. The summed E-state index contributed by atoms with van der Waals surface area (Å²) in [4.78, 5) is 25.6. The summed E-state index contributed by atoms with van der Waals surface area (Å²) in [6.45, 7) is 2.48. The van der Waals surface area contributed by atoms with Crippen molar-refractivity contribution in [3.63, 3.8) is 0 Å². The Balaban J connectivity index is 1.71. The van der Waals surface area contributed by atoms with E-state index in [1.807, 2.05) is 4.90 Å². The van der Waals surface area contributed by atoms with Crippen LogP contribution in [-0.2, 0) is 9.59 Å². The molecule has 2 saturated carbocycles. The van der Waals surface area contributed by atoms with Crippen molar-refractivity contribution < 1.29 is 9.59 Å². The number of piperazine rings is 1. The number of hydrogen-bond donors (Lipinski definition) is 1. The summed E-state index contributed by atoms with van der Waals surface area (Å²) >= 11 is 0. The first-order chi connectivity index (χ1) is 7.65. The van der Waals surface area contributed by atoms with Gasteiger partial charge in [0.25, 0.3) is 0 Å². The smallest absolute Gasteiger partial charge is 0.246 e. The summed E-state index contributed by atoms with van der Waals surface area (Å²) in [5.74, 6) is 1.31. The van der Waals surface area contributed by atoms with Gasteiger partial charge in [-0.15, -0.1) is 0 Å². The standard InChI is InChI=1S/C12H18N2O2/c1-7-4-9(5-7)14-6-10(15)13-11(12(14)16)8-2-3-8/h7-9,11H,2-6H2,1H3,(H,13,15). The van der Waals surface area contributed by atoms with E-state index in [9.17, 15) is 9.59 Å². The lowest BCUT2D eigenvalue weighted by molar-refractivity contribution is -0.149. The highest BCUT2D eigenvalue weighted by Crippen LogP contribution is 2.37. The number of nitrogens with one attached hydrogen (secondary N) is 1. The van der Waals surface area contributed by atoms with Crippen LogP contribution in [0.1, 0.15) is 32.6 Å². The van der Waals surface area contributed by atoms with Crippen molar-refractivity contribution in [2.45, 2.75) is 44.7 Å². The average molecular weight is 222 g/mol. The molecule has 0 bridgehead atoms. The summed E-state index contributed by atoms with van der Waals surface area (Å²) in [5, 5.41) is 2.84. The average Bonchev–Trinajstić information content (AvgIpc) is 3.00. The number of nitrogens with zero attached hydrogens (tertiary/aromatic N) is 1. The van der Waals surface area contributed by atoms with E-state index >= 15 is 0 Å². The lowest BCUT2D eigenvalue weighted by Crippen LogP contribution is -2.63. The van der Waals surface area contributed by atoms with Crippen LogP contribution >= 0.6 is 0 Å². The van der Waals surface area contributed by atoms with Crippen LogP contribution in [0.5, 0.6) is 0 Å². The third-order valence-electron chi connectivity index (χ3n) is 4.06. The van der Waals surface area contributed by atoms with E-state index in [0.717, 1.165) is 25.7 Å². The second-order valence-electron chi connectivity index (χ2n) is 5.58. The van der Waals surface area contributed by atoms with Gasteiger partial charge < -0.3 is 10.2 Å². The normalized spacial score (nSPS) is 39.3. The lowest BCUT2D eigenvalue weighted by atomic mass is 9.80. The van der Waals surface area contributed by atoms with E-state index in [0.29, 0.717) is 17.9 Å². The minimum atomic E-state index is -0.211. The van der Waals surface area contributed by atoms with Crippen LogP contribution < -0.4 is 5.32 Å². The number of rotatable bonds is 2. The van der Waals surface area contributed by atoms with E-state index < -0.39 is 0 Å². The Bertz CT molecular complexity index is 332. The van der Waals surface area contributed by atoms with Crippen molar-refractivity contribution in [1.82, 2.24) is 10.2 Å². The maximum absolute atomic E-state index is 12.2. The number of carbonyl (C=O) groups excluding carboxylic acids is 2. The van der Waals surface area contributed by atoms with E-state index in [1.54, 1.807) is 0 Å². The lowest BCUT2D eigenvalue weighted by Gasteiger charge is -2.44. The van der Waals surface area contributed by atoms with Gasteiger partial charge in [0.05, 0.1) is 6.54 Å². The van der Waals surface area contributed by atoms with Crippen LogP contribution in [-0.4, -0.2) is 35.3 Å². The molecule has 0 radical (unpaired) electrons. The molecular formula is C12H18N2O2. The molecule has 16 heavy (non-hydrogen) atoms. The predicted molar refractivity (Wildman–Crippen MR) is 58.6 cm³/mol. The van der Waals surface area contributed by atoms with Crippen LogP contribution in [0.2, 0.25) is 0 Å². The molecule has 4 heteroatoms. The molecule has 2 amide bonds. The quantitative estimate of drug-likeness (QED) is 0.740. The van der Waals surface area contributed by atoms with Crippen molar-refractivity contribution >= 4 is 11.8 Å². The molecule has 0 aromatic rings. The van der Waals surface area contributed by atoms with Crippen LogP contribution in [0.25, 0.3) is 0 Å². The van der Waals surface area contributed by atoms with Gasteiger partial charge in [0.1, 0.15) is 6.04 Å². The Morgan fingerprint density at radius 1 is 1.25 bits per heavy atom. The summed E-state index contributed by atoms with van der Waals surface area (Å²) in [7, 11) is 0. The van der Waals surface area contributed by atoms with Crippen molar-refractivity contribution in [1.29, 1.82) is 0 Å². The molecule has 88 valence electrons. The van der Waals surface area contributed by atoms with E-state index in [1.165, 1.54) is 0 Å². The first-order valence-electron chi connectivity index (χ1n) is 6.25. The van der Waals surface area contributed by atoms with Gasteiger partial charge >= 0.3 is 0 Å². The van der Waals surface area contributed by atoms with Crippen LogP contribution in [0.15, 0.2) is 0 Å². The first-order valence-corrected chi connectivity index (χ1v) is 6.25. The largest absolute Gasteiger partial charge is 0.342 e. The molecule has 0 aromatic heterocycles. The highest BCUT2D eigenvalue weighted by molar-refractivity contribution is 5.95. The maximum Gasteiger partial charge on any atom is 0.246 e. The molecule has 3 rings (SSSR count).